The number of aromatic amines is 1. The van der Waals surface area contributed by atoms with E-state index in [1.807, 2.05) is 12.1 Å². The molecule has 0 spiro atoms. The summed E-state index contributed by atoms with van der Waals surface area (Å²) >= 11 is 1.69. The highest BCUT2D eigenvalue weighted by atomic mass is 32.1. The quantitative estimate of drug-likeness (QED) is 0.350. The third-order valence-corrected chi connectivity index (χ3v) is 8.63. The van der Waals surface area contributed by atoms with E-state index in [2.05, 4.69) is 16.4 Å². The topological polar surface area (TPSA) is 89.5 Å². The monoisotopic (exact) mass is 517 g/mol. The molecule has 0 bridgehead atoms. The number of hydrogen-bond donors (Lipinski definition) is 3. The highest BCUT2D eigenvalue weighted by molar-refractivity contribution is 7.10. The predicted molar refractivity (Wildman–Crippen MR) is 141 cm³/mol. The van der Waals surface area contributed by atoms with E-state index < -0.39 is 12.3 Å². The highest BCUT2D eigenvalue weighted by Gasteiger charge is 2.49. The molecule has 2 atom stereocenters. The zero-order chi connectivity index (χ0) is 25.6. The van der Waals surface area contributed by atoms with Crippen LogP contribution < -0.4 is 5.56 Å². The van der Waals surface area contributed by atoms with Crippen LogP contribution in [0.5, 0.6) is 0 Å². The van der Waals surface area contributed by atoms with E-state index in [0.29, 0.717) is 36.1 Å². The number of fused-ring (bicyclic) bond motifs is 1. The van der Waals surface area contributed by atoms with Gasteiger partial charge in [0.2, 0.25) is 0 Å². The number of H-pyrrole nitrogens is 1. The van der Waals surface area contributed by atoms with E-state index in [0.717, 1.165) is 29.9 Å². The molecule has 37 heavy (non-hydrogen) atoms. The molecule has 190 valence electrons. The molecule has 1 fully saturated rings. The Labute approximate surface area is 218 Å². The number of halogens is 1. The van der Waals surface area contributed by atoms with Crippen molar-refractivity contribution < 1.29 is 14.6 Å². The molecule has 2 aromatic heterocycles. The summed E-state index contributed by atoms with van der Waals surface area (Å²) in [5, 5.41) is 24.3. The molecule has 0 saturated heterocycles. The summed E-state index contributed by atoms with van der Waals surface area (Å²) in [5.74, 6) is 0.401. The largest absolute Gasteiger partial charge is 0.384 e. The third-order valence-electron chi connectivity index (χ3n) is 7.56. The first kappa shape index (κ1) is 24.2. The molecule has 6 nitrogen and oxygen atoms in total. The molecule has 6 rings (SSSR count). The van der Waals surface area contributed by atoms with Crippen LogP contribution in [0, 0.1) is 5.82 Å². The van der Waals surface area contributed by atoms with Gasteiger partial charge in [-0.25, -0.2) is 9.37 Å². The number of aromatic nitrogens is 2. The first-order chi connectivity index (χ1) is 17.9. The molecule has 1 aliphatic carbocycles. The summed E-state index contributed by atoms with van der Waals surface area (Å²) in [6.45, 7) is 0.717. The van der Waals surface area contributed by atoms with Gasteiger partial charge >= 0.3 is 0 Å². The Morgan fingerprint density at radius 3 is 2.57 bits per heavy atom. The standard InChI is InChI=1S/C29H28FN3O3S/c30-21-8-2-6-19(16-21)18-5-1-7-20(15-18)25(34)27(36)33-13-3-9-23-22(17-33)26(35)32-28(31-23)29(11-12-29)24-10-4-14-37-24/h1-2,4-8,10,14-16,25,27,34,36H,3,9,11-13,17H2,(H,31,32,35)/t25-,27?/m1/s1. The van der Waals surface area contributed by atoms with Gasteiger partial charge in [0.25, 0.3) is 5.56 Å². The van der Waals surface area contributed by atoms with Crippen molar-refractivity contribution >= 4 is 11.3 Å². The second kappa shape index (κ2) is 9.61. The second-order valence-electron chi connectivity index (χ2n) is 9.97. The van der Waals surface area contributed by atoms with Crippen LogP contribution in [0.4, 0.5) is 4.39 Å². The van der Waals surface area contributed by atoms with E-state index in [-0.39, 0.29) is 23.3 Å². The zero-order valence-corrected chi connectivity index (χ0v) is 21.0. The number of nitrogens with zero attached hydrogens (tertiary/aromatic N) is 2. The highest BCUT2D eigenvalue weighted by Crippen LogP contribution is 2.53. The van der Waals surface area contributed by atoms with Crippen molar-refractivity contribution in [3.63, 3.8) is 0 Å². The average molecular weight is 518 g/mol. The van der Waals surface area contributed by atoms with Crippen molar-refractivity contribution in [3.8, 4) is 11.1 Å². The second-order valence-corrected chi connectivity index (χ2v) is 10.9. The van der Waals surface area contributed by atoms with E-state index >= 15 is 0 Å². The van der Waals surface area contributed by atoms with Crippen LogP contribution in [0.2, 0.25) is 0 Å². The Morgan fingerprint density at radius 2 is 1.84 bits per heavy atom. The van der Waals surface area contributed by atoms with Crippen LogP contribution in [0.3, 0.4) is 0 Å². The lowest BCUT2D eigenvalue weighted by molar-refractivity contribution is -0.0887. The average Bonchev–Trinajstić information content (AvgIpc) is 3.60. The SMILES string of the molecule is O=c1[nH]c(C2(c3cccs3)CC2)nc2c1CN(C(O)[C@H](O)c1cccc(-c3cccc(F)c3)c1)CCC2. The smallest absolute Gasteiger partial charge is 0.255 e. The number of nitrogens with one attached hydrogen (secondary N) is 1. The minimum atomic E-state index is -1.21. The summed E-state index contributed by atoms with van der Waals surface area (Å²) in [5.41, 5.74) is 2.92. The normalized spacial score (nSPS) is 18.6. The maximum Gasteiger partial charge on any atom is 0.255 e. The Morgan fingerprint density at radius 1 is 1.05 bits per heavy atom. The fraction of sp³-hybridized carbons (Fsp3) is 0.310. The Balaban J connectivity index is 1.24. The van der Waals surface area contributed by atoms with Crippen molar-refractivity contribution in [2.24, 2.45) is 0 Å². The molecule has 3 N–H and O–H groups in total. The molecule has 2 aromatic carbocycles. The van der Waals surface area contributed by atoms with Gasteiger partial charge in [0.1, 0.15) is 24.0 Å². The van der Waals surface area contributed by atoms with Crippen molar-refractivity contribution in [2.45, 2.75) is 50.0 Å². The molecule has 0 amide bonds. The molecule has 0 radical (unpaired) electrons. The maximum atomic E-state index is 13.7. The van der Waals surface area contributed by atoms with Gasteiger partial charge in [0.15, 0.2) is 0 Å². The minimum Gasteiger partial charge on any atom is -0.384 e. The van der Waals surface area contributed by atoms with Crippen molar-refractivity contribution in [1.82, 2.24) is 14.9 Å². The van der Waals surface area contributed by atoms with Gasteiger partial charge < -0.3 is 15.2 Å². The van der Waals surface area contributed by atoms with Crippen LogP contribution >= 0.6 is 11.3 Å². The summed E-state index contributed by atoms with van der Waals surface area (Å²) in [7, 11) is 0. The Kier molecular flexibility index (Phi) is 6.28. The first-order valence-electron chi connectivity index (χ1n) is 12.6. The molecule has 4 aromatic rings. The summed E-state index contributed by atoms with van der Waals surface area (Å²) in [4.78, 5) is 24.1. The molecular formula is C29H28FN3O3S. The molecule has 3 heterocycles. The summed E-state index contributed by atoms with van der Waals surface area (Å²) < 4.78 is 13.7. The number of thiophene rings is 1. The number of hydrogen-bond acceptors (Lipinski definition) is 6. The van der Waals surface area contributed by atoms with Gasteiger partial charge in [0, 0.05) is 18.0 Å². The fourth-order valence-electron chi connectivity index (χ4n) is 5.32. The van der Waals surface area contributed by atoms with Gasteiger partial charge in [-0.15, -0.1) is 11.3 Å². The van der Waals surface area contributed by atoms with Crippen LogP contribution in [-0.2, 0) is 18.4 Å². The summed E-state index contributed by atoms with van der Waals surface area (Å²) in [6.07, 6.45) is 0.883. The number of rotatable bonds is 6. The molecule has 1 aliphatic heterocycles. The zero-order valence-electron chi connectivity index (χ0n) is 20.2. The van der Waals surface area contributed by atoms with Crippen molar-refractivity contribution in [2.75, 3.05) is 6.54 Å². The maximum absolute atomic E-state index is 13.7. The Bertz CT molecular complexity index is 1480. The van der Waals surface area contributed by atoms with E-state index in [4.69, 9.17) is 4.98 Å². The van der Waals surface area contributed by atoms with Gasteiger partial charge in [-0.1, -0.05) is 36.4 Å². The fourth-order valence-corrected chi connectivity index (χ4v) is 6.30. The molecule has 8 heteroatoms. The molecule has 1 unspecified atom stereocenters. The van der Waals surface area contributed by atoms with Gasteiger partial charge in [-0.2, -0.15) is 0 Å². The van der Waals surface area contributed by atoms with Crippen LogP contribution in [-0.4, -0.2) is 37.9 Å². The predicted octanol–water partition coefficient (Wildman–Crippen LogP) is 4.52. The lowest BCUT2D eigenvalue weighted by atomic mass is 9.99. The van der Waals surface area contributed by atoms with Gasteiger partial charge in [-0.3, -0.25) is 9.69 Å². The van der Waals surface area contributed by atoms with E-state index in [9.17, 15) is 19.4 Å². The van der Waals surface area contributed by atoms with E-state index in [1.165, 1.54) is 17.0 Å². The number of benzene rings is 2. The molecule has 1 saturated carbocycles. The molecular weight excluding hydrogens is 489 g/mol. The van der Waals surface area contributed by atoms with Gasteiger partial charge in [0.05, 0.1) is 16.7 Å². The summed E-state index contributed by atoms with van der Waals surface area (Å²) in [6, 6.07) is 17.5. The van der Waals surface area contributed by atoms with E-state index in [1.54, 1.807) is 46.6 Å². The van der Waals surface area contributed by atoms with Crippen molar-refractivity contribution in [1.29, 1.82) is 0 Å². The number of aliphatic hydroxyl groups is 2. The number of aliphatic hydroxyl groups excluding tert-OH is 2. The lowest BCUT2D eigenvalue weighted by Crippen LogP contribution is -2.40. The van der Waals surface area contributed by atoms with Crippen LogP contribution in [0.15, 0.2) is 70.8 Å². The molecule has 2 aliphatic rings. The van der Waals surface area contributed by atoms with Gasteiger partial charge in [-0.05, 0) is 72.0 Å². The number of aryl methyl sites for hydroxylation is 1. The minimum absolute atomic E-state index is 0.176. The van der Waals surface area contributed by atoms with Crippen LogP contribution in [0.1, 0.15) is 52.9 Å². The third kappa shape index (κ3) is 4.55. The first-order valence-corrected chi connectivity index (χ1v) is 13.5. The van der Waals surface area contributed by atoms with Crippen molar-refractivity contribution in [3.05, 3.63) is 110 Å². The lowest BCUT2D eigenvalue weighted by Gasteiger charge is -2.30. The van der Waals surface area contributed by atoms with Crippen LogP contribution in [0.25, 0.3) is 11.1 Å². The Hall–Kier alpha value is -3.17.